The molecule has 0 saturated carbocycles. The van der Waals surface area contributed by atoms with E-state index in [-0.39, 0.29) is 17.9 Å². The number of aromatic nitrogens is 1. The minimum absolute atomic E-state index is 0.107. The average Bonchev–Trinajstić information content (AvgIpc) is 2.35. The zero-order valence-electron chi connectivity index (χ0n) is 11.0. The fraction of sp³-hybridized carbons (Fsp3) is 0.583. The zero-order valence-corrected chi connectivity index (χ0v) is 11.8. The van der Waals surface area contributed by atoms with Crippen LogP contribution in [0.4, 0.5) is 11.5 Å². The molecule has 1 aromatic heterocycles. The summed E-state index contributed by atoms with van der Waals surface area (Å²) < 4.78 is 5.34. The molecule has 0 aliphatic heterocycles. The molecule has 5 nitrogen and oxygen atoms in total. The topological polar surface area (TPSA) is 80.4 Å². The average molecular weight is 271 g/mol. The second-order valence-corrected chi connectivity index (χ2v) is 4.99. The van der Waals surface area contributed by atoms with Gasteiger partial charge in [-0.3, -0.25) is 0 Å². The summed E-state index contributed by atoms with van der Waals surface area (Å²) in [6.45, 7) is 4.55. The standard InChI is InChI=1S/C12H21N3O2S/c1-4-17-12-9(13)5-6-11(15-12)14-8(2)10(7-16)18-3/h5-6,8,10,16H,4,7,13H2,1-3H3,(H,14,15). The Morgan fingerprint density at radius 1 is 1.56 bits per heavy atom. The highest BCUT2D eigenvalue weighted by Gasteiger charge is 2.15. The quantitative estimate of drug-likeness (QED) is 0.699. The molecule has 0 saturated heterocycles. The number of hydrogen-bond donors (Lipinski definition) is 3. The van der Waals surface area contributed by atoms with E-state index < -0.39 is 0 Å². The van der Waals surface area contributed by atoms with Crippen LogP contribution in [0.5, 0.6) is 5.88 Å². The number of thioether (sulfide) groups is 1. The number of hydrogen-bond acceptors (Lipinski definition) is 6. The van der Waals surface area contributed by atoms with Crippen LogP contribution in [-0.4, -0.2) is 40.9 Å². The molecule has 0 aliphatic rings. The third-order valence-electron chi connectivity index (χ3n) is 2.59. The molecule has 1 heterocycles. The summed E-state index contributed by atoms with van der Waals surface area (Å²) in [5.41, 5.74) is 6.29. The molecular weight excluding hydrogens is 250 g/mol. The van der Waals surface area contributed by atoms with Gasteiger partial charge in [0.15, 0.2) is 0 Å². The van der Waals surface area contributed by atoms with Crippen molar-refractivity contribution in [1.29, 1.82) is 0 Å². The second kappa shape index (κ2) is 7.33. The summed E-state index contributed by atoms with van der Waals surface area (Å²) >= 11 is 1.62. The Kier molecular flexibility index (Phi) is 6.07. The molecular formula is C12H21N3O2S. The van der Waals surface area contributed by atoms with E-state index >= 15 is 0 Å². The Hall–Kier alpha value is -1.14. The van der Waals surface area contributed by atoms with Crippen molar-refractivity contribution in [2.75, 3.05) is 30.5 Å². The number of pyridine rings is 1. The molecule has 102 valence electrons. The third kappa shape index (κ3) is 3.96. The maximum atomic E-state index is 9.23. The van der Waals surface area contributed by atoms with Gasteiger partial charge in [-0.15, -0.1) is 0 Å². The van der Waals surface area contributed by atoms with Crippen LogP contribution in [-0.2, 0) is 0 Å². The van der Waals surface area contributed by atoms with Gasteiger partial charge in [-0.1, -0.05) is 0 Å². The van der Waals surface area contributed by atoms with E-state index in [9.17, 15) is 5.11 Å². The molecule has 0 amide bonds. The van der Waals surface area contributed by atoms with Gasteiger partial charge in [0, 0.05) is 11.3 Å². The van der Waals surface area contributed by atoms with Crippen molar-refractivity contribution >= 4 is 23.3 Å². The van der Waals surface area contributed by atoms with E-state index in [0.717, 1.165) is 0 Å². The van der Waals surface area contributed by atoms with E-state index in [0.29, 0.717) is 24.0 Å². The van der Waals surface area contributed by atoms with Crippen LogP contribution in [0.1, 0.15) is 13.8 Å². The largest absolute Gasteiger partial charge is 0.476 e. The summed E-state index contributed by atoms with van der Waals surface area (Å²) in [4.78, 5) is 4.30. The van der Waals surface area contributed by atoms with Crippen molar-refractivity contribution in [2.45, 2.75) is 25.1 Å². The summed E-state index contributed by atoms with van der Waals surface area (Å²) in [5.74, 6) is 1.15. The third-order valence-corrected chi connectivity index (χ3v) is 3.75. The predicted octanol–water partition coefficient (Wildman–Crippen LogP) is 1.59. The second-order valence-electron chi connectivity index (χ2n) is 3.91. The summed E-state index contributed by atoms with van der Waals surface area (Å²) in [5, 5.41) is 12.6. The lowest BCUT2D eigenvalue weighted by atomic mass is 10.2. The molecule has 0 spiro atoms. The van der Waals surface area contributed by atoms with E-state index in [4.69, 9.17) is 10.5 Å². The van der Waals surface area contributed by atoms with Crippen LogP contribution in [0.2, 0.25) is 0 Å². The van der Waals surface area contributed by atoms with Gasteiger partial charge in [-0.25, -0.2) is 0 Å². The van der Waals surface area contributed by atoms with Crippen molar-refractivity contribution < 1.29 is 9.84 Å². The number of nitrogens with zero attached hydrogens (tertiary/aromatic N) is 1. The van der Waals surface area contributed by atoms with E-state index in [1.54, 1.807) is 17.8 Å². The van der Waals surface area contributed by atoms with Crippen LogP contribution < -0.4 is 15.8 Å². The zero-order chi connectivity index (χ0) is 13.5. The Bertz CT molecular complexity index is 372. The van der Waals surface area contributed by atoms with Gasteiger partial charge < -0.3 is 20.9 Å². The van der Waals surface area contributed by atoms with Crippen molar-refractivity contribution in [1.82, 2.24) is 4.98 Å². The Balaban J connectivity index is 2.75. The lowest BCUT2D eigenvalue weighted by Crippen LogP contribution is -2.31. The first-order valence-corrected chi connectivity index (χ1v) is 7.20. The molecule has 6 heteroatoms. The first kappa shape index (κ1) is 14.9. The van der Waals surface area contributed by atoms with Crippen LogP contribution in [0.25, 0.3) is 0 Å². The normalized spacial score (nSPS) is 14.0. The molecule has 0 aromatic carbocycles. The van der Waals surface area contributed by atoms with Gasteiger partial charge >= 0.3 is 0 Å². The van der Waals surface area contributed by atoms with Gasteiger partial charge in [0.2, 0.25) is 5.88 Å². The van der Waals surface area contributed by atoms with Crippen LogP contribution in [0, 0.1) is 0 Å². The highest BCUT2D eigenvalue weighted by atomic mass is 32.2. The molecule has 2 unspecified atom stereocenters. The Morgan fingerprint density at radius 2 is 2.28 bits per heavy atom. The lowest BCUT2D eigenvalue weighted by molar-refractivity contribution is 0.288. The molecule has 1 rings (SSSR count). The number of anilines is 2. The van der Waals surface area contributed by atoms with Gasteiger partial charge in [0.25, 0.3) is 0 Å². The number of ether oxygens (including phenoxy) is 1. The highest BCUT2D eigenvalue weighted by Crippen LogP contribution is 2.22. The van der Waals surface area contributed by atoms with Gasteiger partial charge in [0.1, 0.15) is 5.82 Å². The molecule has 1 aromatic rings. The van der Waals surface area contributed by atoms with Crippen LogP contribution in [0.3, 0.4) is 0 Å². The molecule has 18 heavy (non-hydrogen) atoms. The van der Waals surface area contributed by atoms with Crippen molar-refractivity contribution in [3.05, 3.63) is 12.1 Å². The number of aliphatic hydroxyl groups is 1. The summed E-state index contributed by atoms with van der Waals surface area (Å²) in [6.07, 6.45) is 1.97. The number of nitrogens with two attached hydrogens (primary N) is 1. The number of nitrogens with one attached hydrogen (secondary N) is 1. The van der Waals surface area contributed by atoms with Crippen LogP contribution in [0.15, 0.2) is 12.1 Å². The fourth-order valence-corrected chi connectivity index (χ4v) is 2.17. The van der Waals surface area contributed by atoms with Gasteiger partial charge in [0.05, 0.1) is 18.9 Å². The van der Waals surface area contributed by atoms with E-state index in [2.05, 4.69) is 10.3 Å². The first-order chi connectivity index (χ1) is 8.62. The molecule has 0 aliphatic carbocycles. The molecule has 0 radical (unpaired) electrons. The maximum absolute atomic E-state index is 9.23. The highest BCUT2D eigenvalue weighted by molar-refractivity contribution is 7.99. The molecule has 4 N–H and O–H groups in total. The van der Waals surface area contributed by atoms with Gasteiger partial charge in [-0.2, -0.15) is 16.7 Å². The number of aliphatic hydroxyl groups excluding tert-OH is 1. The number of nitrogen functional groups attached to an aromatic ring is 1. The maximum Gasteiger partial charge on any atom is 0.239 e. The minimum Gasteiger partial charge on any atom is -0.476 e. The van der Waals surface area contributed by atoms with E-state index in [1.807, 2.05) is 26.2 Å². The fourth-order valence-electron chi connectivity index (χ4n) is 1.55. The summed E-state index contributed by atoms with van der Waals surface area (Å²) in [6, 6.07) is 3.68. The number of rotatable bonds is 7. The predicted molar refractivity (Wildman–Crippen MR) is 77.3 cm³/mol. The summed E-state index contributed by atoms with van der Waals surface area (Å²) in [7, 11) is 0. The van der Waals surface area contributed by atoms with Crippen LogP contribution >= 0.6 is 11.8 Å². The molecule has 0 fully saturated rings. The Morgan fingerprint density at radius 3 is 2.83 bits per heavy atom. The van der Waals surface area contributed by atoms with Gasteiger partial charge in [-0.05, 0) is 32.2 Å². The van der Waals surface area contributed by atoms with Crippen molar-refractivity contribution in [3.63, 3.8) is 0 Å². The molecule has 2 atom stereocenters. The smallest absolute Gasteiger partial charge is 0.239 e. The van der Waals surface area contributed by atoms with E-state index in [1.165, 1.54) is 0 Å². The SMILES string of the molecule is CCOc1nc(NC(C)C(CO)SC)ccc1N. The first-order valence-electron chi connectivity index (χ1n) is 5.91. The van der Waals surface area contributed by atoms with Crippen molar-refractivity contribution in [3.8, 4) is 5.88 Å². The van der Waals surface area contributed by atoms with Crippen molar-refractivity contribution in [2.24, 2.45) is 0 Å². The monoisotopic (exact) mass is 271 g/mol. The lowest BCUT2D eigenvalue weighted by Gasteiger charge is -2.22. The minimum atomic E-state index is 0.107. The Labute approximate surface area is 112 Å². The molecule has 0 bridgehead atoms.